The third-order valence-electron chi connectivity index (χ3n) is 7.97. The molecule has 42 heavy (non-hydrogen) atoms. The van der Waals surface area contributed by atoms with E-state index >= 15 is 0 Å². The average Bonchev–Trinajstić information content (AvgIpc) is 3.67. The summed E-state index contributed by atoms with van der Waals surface area (Å²) in [7, 11) is 0. The Bertz CT molecular complexity index is 1510. The Hall–Kier alpha value is -4.51. The summed E-state index contributed by atoms with van der Waals surface area (Å²) in [6.45, 7) is 4.35. The second kappa shape index (κ2) is 11.8. The van der Waals surface area contributed by atoms with Crippen LogP contribution in [-0.2, 0) is 16.9 Å². The van der Waals surface area contributed by atoms with Crippen molar-refractivity contribution in [1.82, 2.24) is 14.8 Å². The van der Waals surface area contributed by atoms with E-state index in [1.165, 1.54) is 18.5 Å². The Labute approximate surface area is 241 Å². The number of carboxylic acids is 1. The van der Waals surface area contributed by atoms with E-state index in [1.54, 1.807) is 23.1 Å². The third-order valence-corrected chi connectivity index (χ3v) is 7.97. The maximum absolute atomic E-state index is 14.9. The van der Waals surface area contributed by atoms with Gasteiger partial charge in [-0.3, -0.25) is 0 Å². The van der Waals surface area contributed by atoms with Gasteiger partial charge in [-0.1, -0.05) is 6.07 Å². The van der Waals surface area contributed by atoms with Crippen molar-refractivity contribution < 1.29 is 28.2 Å². The van der Waals surface area contributed by atoms with Crippen LogP contribution >= 0.6 is 0 Å². The molecule has 0 spiro atoms. The SMILES string of the molecule is O=C(O)c1ccc(N2CCN(c3ccc(OC[C@@H]4CO[C@@](Cn5cncn5)(c5ccc(F)cc5F)C4)cc3)CC2)cc1. The third kappa shape index (κ3) is 5.91. The molecule has 2 saturated heterocycles. The number of aromatic nitrogens is 3. The average molecular weight is 576 g/mol. The van der Waals surface area contributed by atoms with E-state index in [1.807, 2.05) is 36.4 Å². The summed E-state index contributed by atoms with van der Waals surface area (Å²) in [6.07, 6.45) is 3.45. The van der Waals surface area contributed by atoms with Crippen molar-refractivity contribution in [2.45, 2.75) is 18.6 Å². The molecule has 1 N–H and O–H groups in total. The first kappa shape index (κ1) is 27.6. The number of benzene rings is 3. The summed E-state index contributed by atoms with van der Waals surface area (Å²) >= 11 is 0. The zero-order chi connectivity index (χ0) is 29.1. The molecule has 2 atom stereocenters. The number of rotatable bonds is 9. The Morgan fingerprint density at radius 3 is 2.24 bits per heavy atom. The van der Waals surface area contributed by atoms with Gasteiger partial charge >= 0.3 is 5.97 Å². The highest BCUT2D eigenvalue weighted by Gasteiger charge is 2.44. The minimum Gasteiger partial charge on any atom is -0.493 e. The van der Waals surface area contributed by atoms with Gasteiger partial charge in [0, 0.05) is 55.1 Å². The maximum atomic E-state index is 14.9. The summed E-state index contributed by atoms with van der Waals surface area (Å²) in [6, 6.07) is 18.5. The van der Waals surface area contributed by atoms with Gasteiger partial charge in [0.15, 0.2) is 0 Å². The van der Waals surface area contributed by atoms with Gasteiger partial charge < -0.3 is 24.4 Å². The molecule has 6 rings (SSSR count). The van der Waals surface area contributed by atoms with Gasteiger partial charge in [0.05, 0.1) is 25.3 Å². The molecule has 3 aromatic carbocycles. The van der Waals surface area contributed by atoms with Crippen molar-refractivity contribution in [3.63, 3.8) is 0 Å². The molecular formula is C31H31F2N5O4. The molecule has 4 aromatic rings. The lowest BCUT2D eigenvalue weighted by atomic mass is 9.87. The molecule has 0 saturated carbocycles. The Kier molecular flexibility index (Phi) is 7.75. The molecule has 0 radical (unpaired) electrons. The standard InChI is InChI=1S/C31H31F2N5O4/c32-24-3-10-28(29(33)15-24)31(19-38-21-34-20-35-38)16-22(18-42-31)17-41-27-8-6-26(7-9-27)37-13-11-36(12-14-37)25-4-1-23(2-5-25)30(39)40/h1-10,15,20-22H,11-14,16-19H2,(H,39,40)/t22-,31+/m1/s1. The van der Waals surface area contributed by atoms with Crippen molar-refractivity contribution in [2.24, 2.45) is 5.92 Å². The van der Waals surface area contributed by atoms with Crippen molar-refractivity contribution in [3.05, 3.63) is 102 Å². The number of carboxylic acid groups (broad SMARTS) is 1. The number of nitrogens with zero attached hydrogens (tertiary/aromatic N) is 5. The molecule has 2 aliphatic heterocycles. The van der Waals surface area contributed by atoms with Crippen LogP contribution in [0.1, 0.15) is 22.3 Å². The van der Waals surface area contributed by atoms with Gasteiger partial charge in [-0.2, -0.15) is 5.10 Å². The summed E-state index contributed by atoms with van der Waals surface area (Å²) in [5, 5.41) is 13.3. The number of hydrogen-bond donors (Lipinski definition) is 1. The van der Waals surface area contributed by atoms with Crippen molar-refractivity contribution in [2.75, 3.05) is 49.2 Å². The van der Waals surface area contributed by atoms with Gasteiger partial charge in [-0.25, -0.2) is 23.2 Å². The Morgan fingerprint density at radius 1 is 0.976 bits per heavy atom. The highest BCUT2D eigenvalue weighted by molar-refractivity contribution is 5.88. The first-order valence-electron chi connectivity index (χ1n) is 13.9. The van der Waals surface area contributed by atoms with Crippen LogP contribution in [0.3, 0.4) is 0 Å². The van der Waals surface area contributed by atoms with Gasteiger partial charge in [-0.15, -0.1) is 0 Å². The summed E-state index contributed by atoms with van der Waals surface area (Å²) in [5.41, 5.74) is 1.69. The fourth-order valence-corrected chi connectivity index (χ4v) is 5.79. The topological polar surface area (TPSA) is 93.0 Å². The zero-order valence-electron chi connectivity index (χ0n) is 22.9. The lowest BCUT2D eigenvalue weighted by Crippen LogP contribution is -2.46. The maximum Gasteiger partial charge on any atom is 0.335 e. The van der Waals surface area contributed by atoms with E-state index in [0.29, 0.717) is 25.2 Å². The van der Waals surface area contributed by atoms with E-state index in [-0.39, 0.29) is 18.0 Å². The Balaban J connectivity index is 1.04. The number of aromatic carboxylic acids is 1. The number of piperazine rings is 1. The monoisotopic (exact) mass is 575 g/mol. The molecule has 0 bridgehead atoms. The van der Waals surface area contributed by atoms with Crippen LogP contribution in [0, 0.1) is 17.6 Å². The number of hydrogen-bond acceptors (Lipinski definition) is 7. The van der Waals surface area contributed by atoms with Crippen LogP contribution < -0.4 is 14.5 Å². The van der Waals surface area contributed by atoms with Crippen LogP contribution in [0.4, 0.5) is 20.2 Å². The van der Waals surface area contributed by atoms with Crippen molar-refractivity contribution >= 4 is 17.3 Å². The number of carbonyl (C=O) groups is 1. The molecule has 0 amide bonds. The number of anilines is 2. The summed E-state index contributed by atoms with van der Waals surface area (Å²) in [4.78, 5) is 19.7. The zero-order valence-corrected chi connectivity index (χ0v) is 22.9. The second-order valence-electron chi connectivity index (χ2n) is 10.7. The second-order valence-corrected chi connectivity index (χ2v) is 10.7. The van der Waals surface area contributed by atoms with Gasteiger partial charge in [0.25, 0.3) is 0 Å². The van der Waals surface area contributed by atoms with Crippen LogP contribution in [0.15, 0.2) is 79.4 Å². The molecule has 2 fully saturated rings. The van der Waals surface area contributed by atoms with E-state index in [9.17, 15) is 13.6 Å². The quantitative estimate of drug-likeness (QED) is 0.310. The molecule has 3 heterocycles. The largest absolute Gasteiger partial charge is 0.493 e. The van der Waals surface area contributed by atoms with Gasteiger partial charge in [0.2, 0.25) is 0 Å². The lowest BCUT2D eigenvalue weighted by Gasteiger charge is -2.37. The predicted octanol–water partition coefficient (Wildman–Crippen LogP) is 4.59. The number of ether oxygens (including phenoxy) is 2. The highest BCUT2D eigenvalue weighted by atomic mass is 19.1. The van der Waals surface area contributed by atoms with Crippen molar-refractivity contribution in [1.29, 1.82) is 0 Å². The fraction of sp³-hybridized carbons (Fsp3) is 0.323. The fourth-order valence-electron chi connectivity index (χ4n) is 5.79. The molecule has 2 aliphatic rings. The lowest BCUT2D eigenvalue weighted by molar-refractivity contribution is -0.0206. The number of halogens is 2. The first-order chi connectivity index (χ1) is 20.4. The van der Waals surface area contributed by atoms with Crippen LogP contribution in [0.25, 0.3) is 0 Å². The summed E-state index contributed by atoms with van der Waals surface area (Å²) in [5.74, 6) is -1.48. The Morgan fingerprint density at radius 2 is 1.64 bits per heavy atom. The molecule has 0 aliphatic carbocycles. The smallest absolute Gasteiger partial charge is 0.335 e. The molecule has 9 nitrogen and oxygen atoms in total. The normalized spacial score (nSPS) is 20.6. The summed E-state index contributed by atoms with van der Waals surface area (Å²) < 4.78 is 42.4. The minimum atomic E-state index is -1.01. The van der Waals surface area contributed by atoms with E-state index < -0.39 is 23.2 Å². The van der Waals surface area contributed by atoms with E-state index in [2.05, 4.69) is 19.9 Å². The van der Waals surface area contributed by atoms with Crippen LogP contribution in [0.5, 0.6) is 5.75 Å². The minimum absolute atomic E-state index is 0.00436. The van der Waals surface area contributed by atoms with Crippen molar-refractivity contribution in [3.8, 4) is 5.75 Å². The van der Waals surface area contributed by atoms with Crippen LogP contribution in [-0.4, -0.2) is 65.2 Å². The van der Waals surface area contributed by atoms with E-state index in [4.69, 9.17) is 14.6 Å². The molecule has 0 unspecified atom stereocenters. The predicted molar refractivity (Wildman–Crippen MR) is 152 cm³/mol. The molecule has 218 valence electrons. The van der Waals surface area contributed by atoms with Gasteiger partial charge in [0.1, 0.15) is 35.6 Å². The molecular weight excluding hydrogens is 544 g/mol. The molecule has 1 aromatic heterocycles. The van der Waals surface area contributed by atoms with Gasteiger partial charge in [-0.05, 0) is 61.0 Å². The van der Waals surface area contributed by atoms with Crippen LogP contribution in [0.2, 0.25) is 0 Å². The van der Waals surface area contributed by atoms with E-state index in [0.717, 1.165) is 49.4 Å². The first-order valence-corrected chi connectivity index (χ1v) is 13.9. The highest BCUT2D eigenvalue weighted by Crippen LogP contribution is 2.42. The molecule has 11 heteroatoms.